The number of nitrogens with one attached hydrogen (secondary N) is 2. The molecule has 2 fully saturated rings. The average Bonchev–Trinajstić information content (AvgIpc) is 3.31. The fourth-order valence-corrected chi connectivity index (χ4v) is 5.94. The third kappa shape index (κ3) is 4.25. The maximum Gasteiger partial charge on any atom is 0.451 e. The second kappa shape index (κ2) is 9.13. The molecule has 194 valence electrons. The van der Waals surface area contributed by atoms with Gasteiger partial charge in [-0.2, -0.15) is 13.2 Å². The molecule has 5 rings (SSSR count). The molecule has 1 saturated carbocycles. The highest BCUT2D eigenvalue weighted by molar-refractivity contribution is 5.95. The lowest BCUT2D eigenvalue weighted by molar-refractivity contribution is -0.148. The number of aromatic nitrogens is 3. The van der Waals surface area contributed by atoms with Gasteiger partial charge in [0.15, 0.2) is 5.82 Å². The molecule has 36 heavy (non-hydrogen) atoms. The molecule has 12 heteroatoms. The van der Waals surface area contributed by atoms with Gasteiger partial charge in [0, 0.05) is 18.5 Å². The molecular formula is C24H28F4N6O2. The molecule has 1 aliphatic carbocycles. The summed E-state index contributed by atoms with van der Waals surface area (Å²) in [5, 5.41) is 7.02. The Morgan fingerprint density at radius 3 is 2.67 bits per heavy atom. The van der Waals surface area contributed by atoms with Crippen LogP contribution in [0, 0.1) is 17.7 Å². The summed E-state index contributed by atoms with van der Waals surface area (Å²) in [7, 11) is 0. The zero-order chi connectivity index (χ0) is 25.8. The zero-order valence-electron chi connectivity index (χ0n) is 20.0. The Balaban J connectivity index is 1.38. The predicted octanol–water partition coefficient (Wildman–Crippen LogP) is 3.57. The molecule has 2 aliphatic heterocycles. The lowest BCUT2D eigenvalue weighted by atomic mass is 9.72. The van der Waals surface area contributed by atoms with E-state index in [0.29, 0.717) is 6.42 Å². The fourth-order valence-electron chi connectivity index (χ4n) is 5.94. The van der Waals surface area contributed by atoms with Gasteiger partial charge in [0.2, 0.25) is 11.7 Å². The first-order valence-electron chi connectivity index (χ1n) is 12.2. The number of nitrogens with zero attached hydrogens (tertiary/aromatic N) is 4. The first-order valence-corrected chi connectivity index (χ1v) is 12.2. The Kier molecular flexibility index (Phi) is 6.26. The minimum absolute atomic E-state index is 0.000611. The summed E-state index contributed by atoms with van der Waals surface area (Å²) in [6.07, 6.45) is -0.347. The molecule has 5 atom stereocenters. The highest BCUT2D eigenvalue weighted by Crippen LogP contribution is 2.38. The molecule has 1 aromatic heterocycles. The van der Waals surface area contributed by atoms with E-state index in [1.54, 1.807) is 19.9 Å². The maximum atomic E-state index is 14.9. The number of carbonyl (C=O) groups excluding carboxylic acids is 2. The third-order valence-corrected chi connectivity index (χ3v) is 7.75. The first kappa shape index (κ1) is 24.7. The number of hydrogen-bond acceptors (Lipinski definition) is 5. The topological polar surface area (TPSA) is 92.2 Å². The van der Waals surface area contributed by atoms with Crippen molar-refractivity contribution in [3.05, 3.63) is 46.8 Å². The molecule has 2 aromatic rings. The number of hydrazine groups is 1. The van der Waals surface area contributed by atoms with Crippen LogP contribution in [-0.4, -0.2) is 44.1 Å². The summed E-state index contributed by atoms with van der Waals surface area (Å²) in [5.74, 6) is -2.30. The normalized spacial score (nSPS) is 28.3. The van der Waals surface area contributed by atoms with Gasteiger partial charge in [-0.1, -0.05) is 18.9 Å². The average molecular weight is 509 g/mol. The smallest absolute Gasteiger partial charge is 0.327 e. The van der Waals surface area contributed by atoms with Gasteiger partial charge in [-0.15, -0.1) is 10.2 Å². The van der Waals surface area contributed by atoms with Crippen LogP contribution in [0.25, 0.3) is 0 Å². The summed E-state index contributed by atoms with van der Waals surface area (Å²) in [4.78, 5) is 27.0. The number of rotatable bonds is 3. The predicted molar refractivity (Wildman–Crippen MR) is 120 cm³/mol. The maximum absolute atomic E-state index is 14.9. The second-order valence-electron chi connectivity index (χ2n) is 10.0. The van der Waals surface area contributed by atoms with Gasteiger partial charge in [0.05, 0.1) is 17.6 Å². The van der Waals surface area contributed by atoms with Crippen molar-refractivity contribution in [3.8, 4) is 0 Å². The van der Waals surface area contributed by atoms with E-state index < -0.39 is 35.8 Å². The van der Waals surface area contributed by atoms with Crippen LogP contribution in [0.5, 0.6) is 0 Å². The number of benzene rings is 1. The van der Waals surface area contributed by atoms with Gasteiger partial charge in [-0.05, 0) is 56.7 Å². The van der Waals surface area contributed by atoms with Gasteiger partial charge >= 0.3 is 6.18 Å². The van der Waals surface area contributed by atoms with Crippen LogP contribution < -0.4 is 10.9 Å². The van der Waals surface area contributed by atoms with Gasteiger partial charge in [-0.3, -0.25) is 15.0 Å². The monoisotopic (exact) mass is 508 g/mol. The van der Waals surface area contributed by atoms with E-state index in [0.717, 1.165) is 35.8 Å². The van der Waals surface area contributed by atoms with Crippen molar-refractivity contribution in [3.63, 3.8) is 0 Å². The Hall–Kier alpha value is -3.02. The van der Waals surface area contributed by atoms with Crippen molar-refractivity contribution < 1.29 is 27.2 Å². The van der Waals surface area contributed by atoms with E-state index in [1.807, 2.05) is 0 Å². The van der Waals surface area contributed by atoms with E-state index >= 15 is 0 Å². The Morgan fingerprint density at radius 1 is 1.17 bits per heavy atom. The highest BCUT2D eigenvalue weighted by atomic mass is 19.4. The van der Waals surface area contributed by atoms with Crippen molar-refractivity contribution in [2.45, 2.75) is 70.3 Å². The molecule has 2 amide bonds. The van der Waals surface area contributed by atoms with Crippen LogP contribution in [0.15, 0.2) is 18.2 Å². The molecule has 0 bridgehead atoms. The van der Waals surface area contributed by atoms with Crippen molar-refractivity contribution in [2.75, 3.05) is 6.54 Å². The molecule has 3 aliphatic rings. The van der Waals surface area contributed by atoms with Crippen molar-refractivity contribution in [1.29, 1.82) is 0 Å². The van der Waals surface area contributed by atoms with E-state index in [2.05, 4.69) is 21.0 Å². The summed E-state index contributed by atoms with van der Waals surface area (Å²) < 4.78 is 55.9. The van der Waals surface area contributed by atoms with Crippen LogP contribution in [0.4, 0.5) is 17.6 Å². The summed E-state index contributed by atoms with van der Waals surface area (Å²) in [5.41, 5.74) is 6.43. The number of fused-ring (bicyclic) bond motifs is 2. The number of halogens is 4. The van der Waals surface area contributed by atoms with Gasteiger partial charge in [0.25, 0.3) is 5.91 Å². The van der Waals surface area contributed by atoms with Crippen LogP contribution in [0.1, 0.15) is 79.2 Å². The van der Waals surface area contributed by atoms with Crippen LogP contribution in [-0.2, 0) is 17.4 Å². The van der Waals surface area contributed by atoms with E-state index in [1.165, 1.54) is 17.0 Å². The number of hydrogen-bond donors (Lipinski definition) is 2. The molecular weight excluding hydrogens is 480 g/mol. The van der Waals surface area contributed by atoms with Crippen LogP contribution >= 0.6 is 0 Å². The number of amides is 2. The second-order valence-corrected chi connectivity index (χ2v) is 10.0. The Morgan fingerprint density at radius 2 is 1.92 bits per heavy atom. The third-order valence-electron chi connectivity index (χ3n) is 7.75. The lowest BCUT2D eigenvalue weighted by Crippen LogP contribution is -2.60. The first-order chi connectivity index (χ1) is 17.1. The number of alkyl halides is 3. The van der Waals surface area contributed by atoms with E-state index in [4.69, 9.17) is 0 Å². The summed E-state index contributed by atoms with van der Waals surface area (Å²) in [6, 6.07) is 2.76. The standard InChI is InChI=1S/C24H28F4N6O2/c1-12-11-33(13(2)20-30-32-23(34(12)20)24(26,27)28)22(36)17-9-14(7-8-18(17)25)10-19-15-5-3-4-6-16(15)21(35)31-29-19/h7-9,12-13,15-16,19,29H,3-6,10-11H2,1-2H3,(H,31,35). The SMILES string of the molecule is CC1c2nnc(C(F)(F)F)n2C(C)CN1C(=O)c1cc(CC2NNC(=O)C3CCCCC23)ccc1F. The fraction of sp³-hybridized carbons (Fsp3) is 0.583. The molecule has 1 aromatic carbocycles. The summed E-state index contributed by atoms with van der Waals surface area (Å²) >= 11 is 0. The van der Waals surface area contributed by atoms with Crippen molar-refractivity contribution in [1.82, 2.24) is 30.5 Å². The molecule has 2 N–H and O–H groups in total. The van der Waals surface area contributed by atoms with Gasteiger partial charge in [0.1, 0.15) is 5.82 Å². The molecule has 0 radical (unpaired) electrons. The highest BCUT2D eigenvalue weighted by Gasteiger charge is 2.44. The number of carbonyl (C=O) groups is 2. The van der Waals surface area contributed by atoms with Gasteiger partial charge in [-0.25, -0.2) is 9.82 Å². The molecule has 5 unspecified atom stereocenters. The minimum atomic E-state index is -4.67. The minimum Gasteiger partial charge on any atom is -0.327 e. The Labute approximate surface area is 205 Å². The zero-order valence-corrected chi connectivity index (χ0v) is 20.0. The molecule has 3 heterocycles. The van der Waals surface area contributed by atoms with E-state index in [-0.39, 0.29) is 41.7 Å². The van der Waals surface area contributed by atoms with Crippen LogP contribution in [0.3, 0.4) is 0 Å². The van der Waals surface area contributed by atoms with Crippen molar-refractivity contribution in [2.24, 2.45) is 11.8 Å². The molecule has 8 nitrogen and oxygen atoms in total. The van der Waals surface area contributed by atoms with Crippen molar-refractivity contribution >= 4 is 11.8 Å². The lowest BCUT2D eigenvalue weighted by Gasteiger charge is -2.41. The largest absolute Gasteiger partial charge is 0.451 e. The molecule has 0 spiro atoms. The quantitative estimate of drug-likeness (QED) is 0.619. The van der Waals surface area contributed by atoms with Gasteiger partial charge < -0.3 is 9.47 Å². The molecule has 1 saturated heterocycles. The summed E-state index contributed by atoms with van der Waals surface area (Å²) in [6.45, 7) is 3.06. The Bertz CT molecular complexity index is 1180. The van der Waals surface area contributed by atoms with Crippen LogP contribution in [0.2, 0.25) is 0 Å². The van der Waals surface area contributed by atoms with E-state index in [9.17, 15) is 27.2 Å².